The standard InChI is InChI=1S/C13H18BrNO3/c1-17-11-5-6-12(14)10(8-11)9-15-7-3-4-13(16)18-2/h5-6,8,15H,3-4,7,9H2,1-2H3. The van der Waals surface area contributed by atoms with Crippen molar-refractivity contribution in [3.8, 4) is 5.75 Å². The summed E-state index contributed by atoms with van der Waals surface area (Å²) >= 11 is 3.49. The van der Waals surface area contributed by atoms with Gasteiger partial charge in [0.25, 0.3) is 0 Å². The molecule has 0 fully saturated rings. The molecular weight excluding hydrogens is 298 g/mol. The number of esters is 1. The number of hydrogen-bond acceptors (Lipinski definition) is 4. The highest BCUT2D eigenvalue weighted by molar-refractivity contribution is 9.10. The third-order valence-electron chi connectivity index (χ3n) is 2.53. The van der Waals surface area contributed by atoms with E-state index in [0.29, 0.717) is 6.42 Å². The molecule has 5 heteroatoms. The zero-order valence-electron chi connectivity index (χ0n) is 10.7. The number of benzene rings is 1. The largest absolute Gasteiger partial charge is 0.497 e. The van der Waals surface area contributed by atoms with Gasteiger partial charge in [-0.15, -0.1) is 0 Å². The van der Waals surface area contributed by atoms with Gasteiger partial charge in [-0.1, -0.05) is 15.9 Å². The number of halogens is 1. The molecule has 0 atom stereocenters. The molecule has 0 spiro atoms. The van der Waals surface area contributed by atoms with Gasteiger partial charge in [-0.2, -0.15) is 0 Å². The van der Waals surface area contributed by atoms with Gasteiger partial charge in [-0.25, -0.2) is 0 Å². The van der Waals surface area contributed by atoms with E-state index < -0.39 is 0 Å². The Morgan fingerprint density at radius 2 is 2.17 bits per heavy atom. The van der Waals surface area contributed by atoms with Gasteiger partial charge in [0.05, 0.1) is 14.2 Å². The number of nitrogens with one attached hydrogen (secondary N) is 1. The number of ether oxygens (including phenoxy) is 2. The van der Waals surface area contributed by atoms with Crippen molar-refractivity contribution in [2.75, 3.05) is 20.8 Å². The lowest BCUT2D eigenvalue weighted by molar-refractivity contribution is -0.140. The van der Waals surface area contributed by atoms with Gasteiger partial charge in [0.1, 0.15) is 5.75 Å². The van der Waals surface area contributed by atoms with E-state index in [1.807, 2.05) is 18.2 Å². The summed E-state index contributed by atoms with van der Waals surface area (Å²) in [6, 6.07) is 5.85. The number of methoxy groups -OCH3 is 2. The van der Waals surface area contributed by atoms with Crippen molar-refractivity contribution in [3.05, 3.63) is 28.2 Å². The fourth-order valence-electron chi connectivity index (χ4n) is 1.50. The van der Waals surface area contributed by atoms with Crippen LogP contribution in [-0.2, 0) is 16.1 Å². The Labute approximate surface area is 116 Å². The van der Waals surface area contributed by atoms with Crippen molar-refractivity contribution in [3.63, 3.8) is 0 Å². The van der Waals surface area contributed by atoms with E-state index in [1.165, 1.54) is 7.11 Å². The molecule has 18 heavy (non-hydrogen) atoms. The molecule has 0 aliphatic rings. The smallest absolute Gasteiger partial charge is 0.305 e. The molecule has 0 aromatic heterocycles. The number of rotatable bonds is 7. The summed E-state index contributed by atoms with van der Waals surface area (Å²) in [6.07, 6.45) is 1.22. The molecule has 100 valence electrons. The third kappa shape index (κ3) is 5.06. The van der Waals surface area contributed by atoms with Gasteiger partial charge >= 0.3 is 5.97 Å². The Kier molecular flexibility index (Phi) is 6.75. The molecule has 0 aliphatic heterocycles. The lowest BCUT2D eigenvalue weighted by Gasteiger charge is -2.08. The van der Waals surface area contributed by atoms with Crippen LogP contribution in [0, 0.1) is 0 Å². The minimum atomic E-state index is -0.167. The quantitative estimate of drug-likeness (QED) is 0.620. The minimum Gasteiger partial charge on any atom is -0.497 e. The number of hydrogen-bond donors (Lipinski definition) is 1. The molecule has 0 heterocycles. The predicted octanol–water partition coefficient (Wildman–Crippen LogP) is 2.50. The Morgan fingerprint density at radius 3 is 2.83 bits per heavy atom. The van der Waals surface area contributed by atoms with Crippen LogP contribution in [-0.4, -0.2) is 26.7 Å². The van der Waals surface area contributed by atoms with E-state index in [0.717, 1.165) is 35.3 Å². The van der Waals surface area contributed by atoms with E-state index >= 15 is 0 Å². The second-order valence-corrected chi connectivity index (χ2v) is 4.67. The molecule has 0 radical (unpaired) electrons. The fourth-order valence-corrected chi connectivity index (χ4v) is 1.88. The average molecular weight is 316 g/mol. The van der Waals surface area contributed by atoms with Crippen molar-refractivity contribution in [2.24, 2.45) is 0 Å². The first-order valence-electron chi connectivity index (χ1n) is 5.77. The highest BCUT2D eigenvalue weighted by Crippen LogP contribution is 2.22. The topological polar surface area (TPSA) is 47.6 Å². The lowest BCUT2D eigenvalue weighted by atomic mass is 10.2. The molecule has 0 saturated heterocycles. The zero-order valence-corrected chi connectivity index (χ0v) is 12.2. The highest BCUT2D eigenvalue weighted by Gasteiger charge is 2.03. The molecule has 0 unspecified atom stereocenters. The second-order valence-electron chi connectivity index (χ2n) is 3.81. The van der Waals surface area contributed by atoms with E-state index in [4.69, 9.17) is 4.74 Å². The Morgan fingerprint density at radius 1 is 1.39 bits per heavy atom. The maximum Gasteiger partial charge on any atom is 0.305 e. The van der Waals surface area contributed by atoms with Crippen molar-refractivity contribution < 1.29 is 14.3 Å². The maximum absolute atomic E-state index is 10.9. The monoisotopic (exact) mass is 315 g/mol. The zero-order chi connectivity index (χ0) is 13.4. The summed E-state index contributed by atoms with van der Waals surface area (Å²) in [4.78, 5) is 10.9. The van der Waals surface area contributed by atoms with Gasteiger partial charge in [-0.3, -0.25) is 4.79 Å². The highest BCUT2D eigenvalue weighted by atomic mass is 79.9. The third-order valence-corrected chi connectivity index (χ3v) is 3.30. The lowest BCUT2D eigenvalue weighted by Crippen LogP contribution is -2.16. The van der Waals surface area contributed by atoms with E-state index in [2.05, 4.69) is 26.0 Å². The normalized spacial score (nSPS) is 10.2. The van der Waals surface area contributed by atoms with Crippen LogP contribution in [0.25, 0.3) is 0 Å². The summed E-state index contributed by atoms with van der Waals surface area (Å²) in [5, 5.41) is 3.28. The molecule has 0 bridgehead atoms. The van der Waals surface area contributed by atoms with E-state index in [-0.39, 0.29) is 5.97 Å². The molecular formula is C13H18BrNO3. The molecule has 1 aromatic carbocycles. The second kappa shape index (κ2) is 8.11. The van der Waals surface area contributed by atoms with Crippen molar-refractivity contribution in [2.45, 2.75) is 19.4 Å². The van der Waals surface area contributed by atoms with Gasteiger partial charge in [0.15, 0.2) is 0 Å². The van der Waals surface area contributed by atoms with Gasteiger partial charge in [0.2, 0.25) is 0 Å². The van der Waals surface area contributed by atoms with Crippen LogP contribution in [0.4, 0.5) is 0 Å². The van der Waals surface area contributed by atoms with Crippen LogP contribution in [0.3, 0.4) is 0 Å². The fraction of sp³-hybridized carbons (Fsp3) is 0.462. The summed E-state index contributed by atoms with van der Waals surface area (Å²) in [7, 11) is 3.06. The summed E-state index contributed by atoms with van der Waals surface area (Å²) in [5.41, 5.74) is 1.13. The van der Waals surface area contributed by atoms with Crippen molar-refractivity contribution >= 4 is 21.9 Å². The minimum absolute atomic E-state index is 0.167. The van der Waals surface area contributed by atoms with Crippen molar-refractivity contribution in [1.29, 1.82) is 0 Å². The van der Waals surface area contributed by atoms with Gasteiger partial charge in [-0.05, 0) is 36.7 Å². The first kappa shape index (κ1) is 15.0. The maximum atomic E-state index is 10.9. The number of carbonyl (C=O) groups excluding carboxylic acids is 1. The Bertz CT molecular complexity index is 396. The number of carbonyl (C=O) groups is 1. The van der Waals surface area contributed by atoms with Gasteiger partial charge in [0, 0.05) is 17.4 Å². The van der Waals surface area contributed by atoms with Crippen molar-refractivity contribution in [1.82, 2.24) is 5.32 Å². The molecule has 4 nitrogen and oxygen atoms in total. The van der Waals surface area contributed by atoms with Crippen LogP contribution < -0.4 is 10.1 Å². The molecule has 0 saturated carbocycles. The first-order valence-corrected chi connectivity index (χ1v) is 6.56. The first-order chi connectivity index (χ1) is 8.67. The SMILES string of the molecule is COC(=O)CCCNCc1cc(OC)ccc1Br. The average Bonchev–Trinajstić information content (AvgIpc) is 2.40. The molecule has 0 aliphatic carbocycles. The summed E-state index contributed by atoms with van der Waals surface area (Å²) in [6.45, 7) is 1.51. The van der Waals surface area contributed by atoms with Crippen LogP contribution >= 0.6 is 15.9 Å². The predicted molar refractivity (Wildman–Crippen MR) is 73.7 cm³/mol. The van der Waals surface area contributed by atoms with E-state index in [9.17, 15) is 4.79 Å². The van der Waals surface area contributed by atoms with Crippen LogP contribution in [0.5, 0.6) is 5.75 Å². The summed E-state index contributed by atoms with van der Waals surface area (Å²) < 4.78 is 10.8. The van der Waals surface area contributed by atoms with Crippen LogP contribution in [0.1, 0.15) is 18.4 Å². The van der Waals surface area contributed by atoms with Crippen LogP contribution in [0.2, 0.25) is 0 Å². The van der Waals surface area contributed by atoms with E-state index in [1.54, 1.807) is 7.11 Å². The Balaban J connectivity index is 2.32. The molecule has 1 aromatic rings. The van der Waals surface area contributed by atoms with Gasteiger partial charge < -0.3 is 14.8 Å². The molecule has 0 amide bonds. The molecule has 1 rings (SSSR count). The van der Waals surface area contributed by atoms with Crippen LogP contribution in [0.15, 0.2) is 22.7 Å². The Hall–Kier alpha value is -1.07. The molecule has 1 N–H and O–H groups in total. The summed E-state index contributed by atoms with van der Waals surface area (Å²) in [5.74, 6) is 0.670.